The maximum absolute atomic E-state index is 13.6. The third-order valence-corrected chi connectivity index (χ3v) is 7.89. The lowest BCUT2D eigenvalue weighted by Crippen LogP contribution is -2.42. The van der Waals surface area contributed by atoms with E-state index >= 15 is 0 Å². The molecular formula is C24H27N3O5S. The molecule has 1 heterocycles. The molecule has 0 unspecified atom stereocenters. The first-order valence-electron chi connectivity index (χ1n) is 10.8. The lowest BCUT2D eigenvalue weighted by Gasteiger charge is -2.28. The fraction of sp³-hybridized carbons (Fsp3) is 0.333. The standard InChI is InChI=1S/C24H27N3O5S/c1-16-24(17(2)32-26-16)33(29,30)27(19-11-13-20(31-3)14-12-19)15-23(28)25-22-10-6-8-18-7-4-5-9-21(18)22/h4-5,7,9,11-14,22H,6,8,10,15H2,1-3H3,(H,25,28)/t22-/m0/s1. The molecule has 0 radical (unpaired) electrons. The van der Waals surface area contributed by atoms with E-state index in [2.05, 4.69) is 16.5 Å². The van der Waals surface area contributed by atoms with Crippen molar-refractivity contribution in [2.24, 2.45) is 0 Å². The van der Waals surface area contributed by atoms with Crippen molar-refractivity contribution in [3.63, 3.8) is 0 Å². The number of amides is 1. The van der Waals surface area contributed by atoms with Gasteiger partial charge in [-0.15, -0.1) is 0 Å². The van der Waals surface area contributed by atoms with E-state index in [0.717, 1.165) is 29.1 Å². The molecule has 3 aromatic rings. The van der Waals surface area contributed by atoms with Crippen molar-refractivity contribution < 1.29 is 22.5 Å². The molecule has 0 saturated heterocycles. The molecule has 0 bridgehead atoms. The Bertz CT molecular complexity index is 1230. The number of aromatic nitrogens is 1. The normalized spacial score (nSPS) is 15.5. The number of rotatable bonds is 7. The lowest BCUT2D eigenvalue weighted by molar-refractivity contribution is -0.120. The van der Waals surface area contributed by atoms with Crippen LogP contribution in [0.5, 0.6) is 5.75 Å². The molecule has 1 aliphatic rings. The Morgan fingerprint density at radius 2 is 1.91 bits per heavy atom. The number of sulfonamides is 1. The number of nitrogens with zero attached hydrogens (tertiary/aromatic N) is 2. The Morgan fingerprint density at radius 1 is 1.18 bits per heavy atom. The molecule has 0 spiro atoms. The van der Waals surface area contributed by atoms with Crippen molar-refractivity contribution in [1.82, 2.24) is 10.5 Å². The second-order valence-electron chi connectivity index (χ2n) is 8.07. The van der Waals surface area contributed by atoms with Crippen molar-refractivity contribution >= 4 is 21.6 Å². The van der Waals surface area contributed by atoms with Gasteiger partial charge >= 0.3 is 0 Å². The molecule has 0 aliphatic heterocycles. The predicted molar refractivity (Wildman–Crippen MR) is 124 cm³/mol. The summed E-state index contributed by atoms with van der Waals surface area (Å²) in [6, 6.07) is 14.4. The summed E-state index contributed by atoms with van der Waals surface area (Å²) in [4.78, 5) is 13.1. The third kappa shape index (κ3) is 4.59. The molecule has 1 amide bonds. The van der Waals surface area contributed by atoms with Gasteiger partial charge in [0.1, 0.15) is 18.0 Å². The minimum Gasteiger partial charge on any atom is -0.497 e. The molecule has 33 heavy (non-hydrogen) atoms. The predicted octanol–water partition coefficient (Wildman–Crippen LogP) is 3.69. The van der Waals surface area contributed by atoms with Gasteiger partial charge in [-0.1, -0.05) is 29.4 Å². The van der Waals surface area contributed by atoms with Crippen molar-refractivity contribution in [2.45, 2.75) is 44.0 Å². The van der Waals surface area contributed by atoms with Gasteiger partial charge in [0.05, 0.1) is 18.8 Å². The zero-order valence-electron chi connectivity index (χ0n) is 18.9. The highest BCUT2D eigenvalue weighted by atomic mass is 32.2. The largest absolute Gasteiger partial charge is 0.497 e. The summed E-state index contributed by atoms with van der Waals surface area (Å²) in [6.45, 7) is 2.73. The van der Waals surface area contributed by atoms with Crippen LogP contribution in [-0.2, 0) is 21.2 Å². The monoisotopic (exact) mass is 469 g/mol. The van der Waals surface area contributed by atoms with Crippen molar-refractivity contribution in [3.05, 3.63) is 71.1 Å². The molecule has 0 fully saturated rings. The molecule has 1 aromatic heterocycles. The number of carbonyl (C=O) groups excluding carboxylic acids is 1. The second-order valence-corrected chi connectivity index (χ2v) is 9.87. The van der Waals surface area contributed by atoms with E-state index in [1.165, 1.54) is 19.6 Å². The summed E-state index contributed by atoms with van der Waals surface area (Å²) >= 11 is 0. The van der Waals surface area contributed by atoms with Gasteiger partial charge < -0.3 is 14.6 Å². The highest BCUT2D eigenvalue weighted by molar-refractivity contribution is 7.93. The zero-order valence-corrected chi connectivity index (χ0v) is 19.7. The van der Waals surface area contributed by atoms with Crippen LogP contribution >= 0.6 is 0 Å². The third-order valence-electron chi connectivity index (χ3n) is 5.87. The van der Waals surface area contributed by atoms with Crippen LogP contribution in [0.2, 0.25) is 0 Å². The number of aryl methyl sites for hydroxylation is 3. The van der Waals surface area contributed by atoms with Crippen LogP contribution in [-0.4, -0.2) is 33.1 Å². The Balaban J connectivity index is 1.65. The average molecular weight is 470 g/mol. The number of hydrogen-bond acceptors (Lipinski definition) is 6. The Labute approximate surface area is 193 Å². The highest BCUT2D eigenvalue weighted by Gasteiger charge is 2.33. The van der Waals surface area contributed by atoms with Crippen molar-refractivity contribution in [3.8, 4) is 5.75 Å². The molecular weight excluding hydrogens is 442 g/mol. The van der Waals surface area contributed by atoms with E-state index < -0.39 is 10.0 Å². The number of anilines is 1. The van der Waals surface area contributed by atoms with E-state index in [1.54, 1.807) is 31.2 Å². The van der Waals surface area contributed by atoms with Gasteiger partial charge in [-0.2, -0.15) is 0 Å². The van der Waals surface area contributed by atoms with E-state index in [-0.39, 0.29) is 34.8 Å². The van der Waals surface area contributed by atoms with Crippen molar-refractivity contribution in [2.75, 3.05) is 18.0 Å². The molecule has 0 saturated carbocycles. The SMILES string of the molecule is COc1ccc(N(CC(=O)N[C@H]2CCCc3ccccc32)S(=O)(=O)c2c(C)noc2C)cc1. The maximum atomic E-state index is 13.6. The second kappa shape index (κ2) is 9.27. The summed E-state index contributed by atoms with van der Waals surface area (Å²) in [7, 11) is -2.58. The maximum Gasteiger partial charge on any atom is 0.270 e. The van der Waals surface area contributed by atoms with Crippen LogP contribution in [0.1, 0.15) is 41.5 Å². The Morgan fingerprint density at radius 3 is 2.58 bits per heavy atom. The van der Waals surface area contributed by atoms with Crippen LogP contribution in [0.15, 0.2) is 57.9 Å². The number of nitrogens with one attached hydrogen (secondary N) is 1. The van der Waals surface area contributed by atoms with Gasteiger partial charge in [0, 0.05) is 0 Å². The Hall–Kier alpha value is -3.33. The van der Waals surface area contributed by atoms with Gasteiger partial charge in [0.15, 0.2) is 10.7 Å². The molecule has 8 nitrogen and oxygen atoms in total. The quantitative estimate of drug-likeness (QED) is 0.566. The smallest absolute Gasteiger partial charge is 0.270 e. The Kier molecular flexibility index (Phi) is 6.42. The van der Waals surface area contributed by atoms with Crippen molar-refractivity contribution in [1.29, 1.82) is 0 Å². The number of hydrogen-bond donors (Lipinski definition) is 1. The van der Waals surface area contributed by atoms with Gasteiger partial charge in [-0.05, 0) is 68.5 Å². The van der Waals surface area contributed by atoms with Crippen LogP contribution in [0.25, 0.3) is 0 Å². The van der Waals surface area contributed by atoms with Gasteiger partial charge in [0.25, 0.3) is 10.0 Å². The number of ether oxygens (including phenoxy) is 1. The fourth-order valence-corrected chi connectivity index (χ4v) is 6.01. The topological polar surface area (TPSA) is 102 Å². The average Bonchev–Trinajstić information content (AvgIpc) is 3.16. The van der Waals surface area contributed by atoms with Gasteiger partial charge in [-0.3, -0.25) is 9.10 Å². The van der Waals surface area contributed by atoms with E-state index in [9.17, 15) is 13.2 Å². The van der Waals surface area contributed by atoms with Crippen LogP contribution in [0.4, 0.5) is 5.69 Å². The van der Waals surface area contributed by atoms with Crippen LogP contribution < -0.4 is 14.4 Å². The summed E-state index contributed by atoms with van der Waals surface area (Å²) in [5, 5.41) is 6.82. The summed E-state index contributed by atoms with van der Waals surface area (Å²) in [5.74, 6) is 0.368. The molecule has 1 atom stereocenters. The first-order chi connectivity index (χ1) is 15.8. The van der Waals surface area contributed by atoms with Gasteiger partial charge in [-0.25, -0.2) is 8.42 Å². The van der Waals surface area contributed by atoms with E-state index in [1.807, 2.05) is 18.2 Å². The molecule has 174 valence electrons. The van der Waals surface area contributed by atoms with E-state index in [0.29, 0.717) is 11.4 Å². The molecule has 2 aromatic carbocycles. The highest BCUT2D eigenvalue weighted by Crippen LogP contribution is 2.31. The first-order valence-corrected chi connectivity index (χ1v) is 12.2. The zero-order chi connectivity index (χ0) is 23.6. The van der Waals surface area contributed by atoms with Crippen LogP contribution in [0, 0.1) is 13.8 Å². The fourth-order valence-electron chi connectivity index (χ4n) is 4.29. The van der Waals surface area contributed by atoms with Gasteiger partial charge in [0.2, 0.25) is 5.91 Å². The van der Waals surface area contributed by atoms with E-state index in [4.69, 9.17) is 9.26 Å². The summed E-state index contributed by atoms with van der Waals surface area (Å²) in [6.07, 6.45) is 2.74. The molecule has 4 rings (SSSR count). The molecule has 9 heteroatoms. The lowest BCUT2D eigenvalue weighted by atomic mass is 9.88. The molecule has 1 aliphatic carbocycles. The first kappa shape index (κ1) is 22.8. The van der Waals surface area contributed by atoms with Crippen LogP contribution in [0.3, 0.4) is 0 Å². The minimum absolute atomic E-state index is 0.0332. The summed E-state index contributed by atoms with van der Waals surface area (Å²) < 4.78 is 38.6. The number of fused-ring (bicyclic) bond motifs is 1. The molecule has 1 N–H and O–H groups in total. The number of methoxy groups -OCH3 is 1. The number of carbonyl (C=O) groups is 1. The number of benzene rings is 2. The summed E-state index contributed by atoms with van der Waals surface area (Å²) in [5.41, 5.74) is 2.88. The minimum atomic E-state index is -4.11.